The number of carbonyl (C=O) groups excluding carboxylic acids is 1. The molecule has 1 saturated carbocycles. The highest BCUT2D eigenvalue weighted by atomic mass is 16.5. The van der Waals surface area contributed by atoms with E-state index in [-0.39, 0.29) is 11.9 Å². The zero-order valence-corrected chi connectivity index (χ0v) is 8.01. The van der Waals surface area contributed by atoms with Crippen LogP contribution in [0.15, 0.2) is 0 Å². The highest BCUT2D eigenvalue weighted by Crippen LogP contribution is 2.28. The van der Waals surface area contributed by atoms with Crippen LogP contribution in [0, 0.1) is 11.8 Å². The van der Waals surface area contributed by atoms with E-state index >= 15 is 0 Å². The molecule has 2 nitrogen and oxygen atoms in total. The van der Waals surface area contributed by atoms with Gasteiger partial charge in [0.05, 0.1) is 12.5 Å². The van der Waals surface area contributed by atoms with Gasteiger partial charge in [0.2, 0.25) is 0 Å². The van der Waals surface area contributed by atoms with Gasteiger partial charge in [-0.1, -0.05) is 6.92 Å². The summed E-state index contributed by atoms with van der Waals surface area (Å²) in [6.45, 7) is 4.63. The van der Waals surface area contributed by atoms with E-state index in [0.29, 0.717) is 6.61 Å². The molecule has 1 aliphatic rings. The third-order valence-electron chi connectivity index (χ3n) is 2.64. The summed E-state index contributed by atoms with van der Waals surface area (Å²) in [6.07, 6.45) is 4.42. The number of hydrogen-bond donors (Lipinski definition) is 0. The Kier molecular flexibility index (Phi) is 3.57. The van der Waals surface area contributed by atoms with Crippen LogP contribution >= 0.6 is 0 Å². The Labute approximate surface area is 74.3 Å². The smallest absolute Gasteiger partial charge is 0.308 e. The lowest BCUT2D eigenvalue weighted by atomic mass is 9.83. The van der Waals surface area contributed by atoms with Crippen molar-refractivity contribution in [2.24, 2.45) is 11.8 Å². The molecule has 0 heterocycles. The molecule has 0 aromatic carbocycles. The number of rotatable bonds is 2. The molecule has 0 saturated heterocycles. The van der Waals surface area contributed by atoms with Crippen molar-refractivity contribution in [3.8, 4) is 0 Å². The molecule has 0 bridgehead atoms. The zero-order valence-electron chi connectivity index (χ0n) is 8.01. The van der Waals surface area contributed by atoms with Gasteiger partial charge in [0.25, 0.3) is 0 Å². The van der Waals surface area contributed by atoms with Crippen LogP contribution in [-0.4, -0.2) is 12.6 Å². The van der Waals surface area contributed by atoms with Gasteiger partial charge in [-0.15, -0.1) is 0 Å². The second-order valence-electron chi connectivity index (χ2n) is 3.71. The van der Waals surface area contributed by atoms with Crippen LogP contribution in [-0.2, 0) is 9.53 Å². The summed E-state index contributed by atoms with van der Waals surface area (Å²) in [4.78, 5) is 11.3. The van der Waals surface area contributed by atoms with Crippen LogP contribution < -0.4 is 0 Å². The van der Waals surface area contributed by atoms with Gasteiger partial charge in [-0.3, -0.25) is 4.79 Å². The lowest BCUT2D eigenvalue weighted by Crippen LogP contribution is -2.22. The van der Waals surface area contributed by atoms with Crippen molar-refractivity contribution in [3.05, 3.63) is 0 Å². The van der Waals surface area contributed by atoms with E-state index in [0.717, 1.165) is 18.8 Å². The van der Waals surface area contributed by atoms with Gasteiger partial charge in [0.15, 0.2) is 0 Å². The number of esters is 1. The fourth-order valence-corrected chi connectivity index (χ4v) is 1.76. The molecule has 1 fully saturated rings. The van der Waals surface area contributed by atoms with Crippen molar-refractivity contribution in [1.29, 1.82) is 0 Å². The molecule has 0 spiro atoms. The standard InChI is InChI=1S/C10H18O2/c1-3-12-10(11)9-6-4-8(2)5-7-9/h8-9H,3-7H2,1-2H3/t8-,9+. The van der Waals surface area contributed by atoms with Gasteiger partial charge in [-0.05, 0) is 38.5 Å². The average Bonchev–Trinajstić information content (AvgIpc) is 2.06. The minimum atomic E-state index is 0.0180. The van der Waals surface area contributed by atoms with Crippen LogP contribution in [0.1, 0.15) is 39.5 Å². The Hall–Kier alpha value is -0.530. The average molecular weight is 170 g/mol. The predicted molar refractivity (Wildman–Crippen MR) is 47.8 cm³/mol. The second-order valence-corrected chi connectivity index (χ2v) is 3.71. The van der Waals surface area contributed by atoms with Crippen molar-refractivity contribution in [2.45, 2.75) is 39.5 Å². The normalized spacial score (nSPS) is 29.8. The molecule has 70 valence electrons. The lowest BCUT2D eigenvalue weighted by Gasteiger charge is -2.24. The van der Waals surface area contributed by atoms with E-state index in [1.807, 2.05) is 6.92 Å². The molecule has 2 heteroatoms. The van der Waals surface area contributed by atoms with E-state index in [1.54, 1.807) is 0 Å². The summed E-state index contributed by atoms with van der Waals surface area (Å²) in [5, 5.41) is 0. The SMILES string of the molecule is CCOC(=O)[C@H]1CC[C@@H](C)CC1. The van der Waals surface area contributed by atoms with Crippen LogP contribution in [0.4, 0.5) is 0 Å². The Morgan fingerprint density at radius 3 is 2.42 bits per heavy atom. The van der Waals surface area contributed by atoms with Crippen molar-refractivity contribution in [1.82, 2.24) is 0 Å². The molecule has 0 atom stereocenters. The minimum Gasteiger partial charge on any atom is -0.466 e. The van der Waals surface area contributed by atoms with E-state index in [2.05, 4.69) is 6.92 Å². The van der Waals surface area contributed by atoms with Gasteiger partial charge < -0.3 is 4.74 Å². The van der Waals surface area contributed by atoms with Crippen LogP contribution in [0.25, 0.3) is 0 Å². The third-order valence-corrected chi connectivity index (χ3v) is 2.64. The number of carbonyl (C=O) groups is 1. The maximum absolute atomic E-state index is 11.3. The van der Waals surface area contributed by atoms with Crippen molar-refractivity contribution in [3.63, 3.8) is 0 Å². The van der Waals surface area contributed by atoms with Crippen molar-refractivity contribution in [2.75, 3.05) is 6.61 Å². The van der Waals surface area contributed by atoms with Gasteiger partial charge >= 0.3 is 5.97 Å². The second kappa shape index (κ2) is 4.48. The quantitative estimate of drug-likeness (QED) is 0.595. The fourth-order valence-electron chi connectivity index (χ4n) is 1.76. The molecule has 0 aromatic rings. The molecule has 12 heavy (non-hydrogen) atoms. The Morgan fingerprint density at radius 2 is 1.92 bits per heavy atom. The Bertz CT molecular complexity index is 146. The molecule has 1 aliphatic carbocycles. The Balaban J connectivity index is 2.29. The van der Waals surface area contributed by atoms with E-state index in [4.69, 9.17) is 4.74 Å². The first-order valence-corrected chi connectivity index (χ1v) is 4.90. The third kappa shape index (κ3) is 2.50. The lowest BCUT2D eigenvalue weighted by molar-refractivity contribution is -0.149. The summed E-state index contributed by atoms with van der Waals surface area (Å²) >= 11 is 0. The summed E-state index contributed by atoms with van der Waals surface area (Å²) in [5.74, 6) is 1.02. The van der Waals surface area contributed by atoms with Gasteiger partial charge in [0, 0.05) is 0 Å². The highest BCUT2D eigenvalue weighted by molar-refractivity contribution is 5.72. The molecule has 0 N–H and O–H groups in total. The largest absolute Gasteiger partial charge is 0.466 e. The Morgan fingerprint density at radius 1 is 1.33 bits per heavy atom. The summed E-state index contributed by atoms with van der Waals surface area (Å²) in [7, 11) is 0. The van der Waals surface area contributed by atoms with Gasteiger partial charge in [0.1, 0.15) is 0 Å². The van der Waals surface area contributed by atoms with Crippen LogP contribution in [0.3, 0.4) is 0 Å². The topological polar surface area (TPSA) is 26.3 Å². The predicted octanol–water partition coefficient (Wildman–Crippen LogP) is 2.38. The van der Waals surface area contributed by atoms with Crippen molar-refractivity contribution < 1.29 is 9.53 Å². The summed E-state index contributed by atoms with van der Waals surface area (Å²) in [6, 6.07) is 0. The molecule has 0 aromatic heterocycles. The van der Waals surface area contributed by atoms with E-state index in [9.17, 15) is 4.79 Å². The van der Waals surface area contributed by atoms with Gasteiger partial charge in [-0.25, -0.2) is 0 Å². The molecule has 0 amide bonds. The number of hydrogen-bond acceptors (Lipinski definition) is 2. The number of ether oxygens (including phenoxy) is 1. The highest BCUT2D eigenvalue weighted by Gasteiger charge is 2.24. The van der Waals surface area contributed by atoms with Gasteiger partial charge in [-0.2, -0.15) is 0 Å². The van der Waals surface area contributed by atoms with E-state index in [1.165, 1.54) is 12.8 Å². The minimum absolute atomic E-state index is 0.0180. The van der Waals surface area contributed by atoms with Crippen LogP contribution in [0.5, 0.6) is 0 Å². The fraction of sp³-hybridized carbons (Fsp3) is 0.900. The molecular weight excluding hydrogens is 152 g/mol. The first-order chi connectivity index (χ1) is 5.74. The summed E-state index contributed by atoms with van der Waals surface area (Å²) in [5.41, 5.74) is 0. The summed E-state index contributed by atoms with van der Waals surface area (Å²) < 4.78 is 4.98. The molecule has 0 aliphatic heterocycles. The maximum Gasteiger partial charge on any atom is 0.308 e. The first kappa shape index (κ1) is 9.56. The van der Waals surface area contributed by atoms with E-state index < -0.39 is 0 Å². The molecular formula is C10H18O2. The first-order valence-electron chi connectivity index (χ1n) is 4.90. The zero-order chi connectivity index (χ0) is 8.97. The monoisotopic (exact) mass is 170 g/mol. The maximum atomic E-state index is 11.3. The molecule has 1 rings (SSSR count). The molecule has 0 radical (unpaired) electrons. The van der Waals surface area contributed by atoms with Crippen LogP contribution in [0.2, 0.25) is 0 Å². The van der Waals surface area contributed by atoms with Crippen molar-refractivity contribution >= 4 is 5.97 Å². The molecule has 0 unspecified atom stereocenters.